The van der Waals surface area contributed by atoms with E-state index in [2.05, 4.69) is 15.3 Å². The number of aliphatic imine (C=N–C) groups is 1. The Morgan fingerprint density at radius 3 is 2.40 bits per heavy atom. The van der Waals surface area contributed by atoms with Gasteiger partial charge in [-0.05, 0) is 61.6 Å². The van der Waals surface area contributed by atoms with Gasteiger partial charge in [0.15, 0.2) is 5.82 Å². The molecule has 1 aliphatic carbocycles. The van der Waals surface area contributed by atoms with Gasteiger partial charge in [0, 0.05) is 48.5 Å². The largest absolute Gasteiger partial charge is 0.481 e. The second-order valence-corrected chi connectivity index (χ2v) is 9.96. The molecule has 1 aromatic carbocycles. The standard InChI is InChI=1S/C29H36F3N5O3/c1-3-24(33)23(18-35-25-14-11-21(17-34-25)29(30,31)32)27(19-7-5-4-6-8-19)36-22-12-9-20(10-13-22)28(40)37(2)16-15-26(38)39/h9-14,17-19,27,36H,3-8,15-16,33H2,1-2H3,(H,38,39). The molecule has 0 aliphatic heterocycles. The van der Waals surface area contributed by atoms with Crippen LogP contribution in [0.25, 0.3) is 0 Å². The van der Waals surface area contributed by atoms with Crippen LogP contribution in [0.2, 0.25) is 0 Å². The second-order valence-electron chi connectivity index (χ2n) is 9.96. The molecule has 216 valence electrons. The molecule has 0 radical (unpaired) electrons. The van der Waals surface area contributed by atoms with Crippen LogP contribution < -0.4 is 11.1 Å². The molecule has 8 nitrogen and oxygen atoms in total. The molecule has 1 aromatic heterocycles. The van der Waals surface area contributed by atoms with Crippen molar-refractivity contribution in [2.75, 3.05) is 18.9 Å². The van der Waals surface area contributed by atoms with E-state index in [4.69, 9.17) is 10.8 Å². The van der Waals surface area contributed by atoms with Crippen molar-refractivity contribution < 1.29 is 27.9 Å². The number of nitrogens with two attached hydrogens (primary N) is 1. The number of hydrogen-bond donors (Lipinski definition) is 3. The molecule has 0 spiro atoms. The number of carbonyl (C=O) groups excluding carboxylic acids is 1. The highest BCUT2D eigenvalue weighted by Gasteiger charge is 2.31. The molecule has 0 bridgehead atoms. The van der Waals surface area contributed by atoms with Crippen molar-refractivity contribution >= 4 is 29.6 Å². The lowest BCUT2D eigenvalue weighted by Crippen LogP contribution is -2.35. The Morgan fingerprint density at radius 1 is 1.18 bits per heavy atom. The van der Waals surface area contributed by atoms with Crippen LogP contribution in [0.4, 0.5) is 24.7 Å². The lowest BCUT2D eigenvalue weighted by molar-refractivity contribution is -0.138. The number of carbonyl (C=O) groups is 2. The van der Waals surface area contributed by atoms with Gasteiger partial charge in [-0.15, -0.1) is 0 Å². The zero-order valence-electron chi connectivity index (χ0n) is 22.7. The molecule has 1 amide bonds. The number of alkyl halides is 3. The molecule has 4 N–H and O–H groups in total. The average molecular weight is 560 g/mol. The Labute approximate surface area is 232 Å². The lowest BCUT2D eigenvalue weighted by Gasteiger charge is -2.33. The number of rotatable bonds is 11. The van der Waals surface area contributed by atoms with E-state index in [0.29, 0.717) is 17.7 Å². The highest BCUT2D eigenvalue weighted by atomic mass is 19.4. The van der Waals surface area contributed by atoms with Gasteiger partial charge in [0.2, 0.25) is 0 Å². The minimum absolute atomic E-state index is 0.107. The SMILES string of the molecule is CCC(N)=C(C=Nc1ccc(C(F)(F)F)cn1)C(Nc1ccc(C(=O)N(C)CCC(=O)O)cc1)C1CCCCC1. The molecule has 11 heteroatoms. The maximum atomic E-state index is 12.9. The molecule has 2 aromatic rings. The van der Waals surface area contributed by atoms with Gasteiger partial charge in [0.25, 0.3) is 5.91 Å². The van der Waals surface area contributed by atoms with Crippen LogP contribution in [0, 0.1) is 5.92 Å². The molecule has 1 atom stereocenters. The van der Waals surface area contributed by atoms with E-state index in [1.807, 2.05) is 6.92 Å². The fraction of sp³-hybridized carbons (Fsp3) is 0.448. The highest BCUT2D eigenvalue weighted by molar-refractivity contribution is 5.94. The number of hydrogen-bond acceptors (Lipinski definition) is 6. The summed E-state index contributed by atoms with van der Waals surface area (Å²) >= 11 is 0. The topological polar surface area (TPSA) is 121 Å². The third-order valence-electron chi connectivity index (χ3n) is 7.08. The minimum atomic E-state index is -4.48. The van der Waals surface area contributed by atoms with E-state index in [-0.39, 0.29) is 36.7 Å². The Balaban J connectivity index is 1.85. The third kappa shape index (κ3) is 8.56. The Bertz CT molecular complexity index is 1200. The molecule has 3 rings (SSSR count). The van der Waals surface area contributed by atoms with Gasteiger partial charge in [-0.1, -0.05) is 26.2 Å². The fourth-order valence-corrected chi connectivity index (χ4v) is 4.72. The summed E-state index contributed by atoms with van der Waals surface area (Å²) < 4.78 is 38.8. The third-order valence-corrected chi connectivity index (χ3v) is 7.08. The summed E-state index contributed by atoms with van der Waals surface area (Å²) in [7, 11) is 1.56. The average Bonchev–Trinajstić information content (AvgIpc) is 2.95. The number of nitrogens with one attached hydrogen (secondary N) is 1. The molecule has 0 saturated heterocycles. The number of amides is 1. The number of nitrogens with zero attached hydrogens (tertiary/aromatic N) is 3. The van der Waals surface area contributed by atoms with Gasteiger partial charge in [-0.2, -0.15) is 13.2 Å². The van der Waals surface area contributed by atoms with Crippen molar-refractivity contribution in [3.05, 3.63) is 65.0 Å². The predicted molar refractivity (Wildman–Crippen MR) is 149 cm³/mol. The van der Waals surface area contributed by atoms with E-state index in [9.17, 15) is 22.8 Å². The van der Waals surface area contributed by atoms with Crippen molar-refractivity contribution in [3.63, 3.8) is 0 Å². The van der Waals surface area contributed by atoms with Crippen molar-refractivity contribution in [1.82, 2.24) is 9.88 Å². The summed E-state index contributed by atoms with van der Waals surface area (Å²) in [6.07, 6.45) is 3.58. The first-order chi connectivity index (χ1) is 19.0. The normalized spacial score (nSPS) is 15.9. The Hall–Kier alpha value is -3.89. The van der Waals surface area contributed by atoms with Crippen molar-refractivity contribution in [2.45, 2.75) is 64.1 Å². The summed E-state index contributed by atoms with van der Waals surface area (Å²) in [5.74, 6) is -0.847. The van der Waals surface area contributed by atoms with Crippen LogP contribution in [-0.2, 0) is 11.0 Å². The summed E-state index contributed by atoms with van der Waals surface area (Å²) in [6, 6.07) is 8.93. The summed E-state index contributed by atoms with van der Waals surface area (Å²) in [5, 5.41) is 12.4. The monoisotopic (exact) mass is 559 g/mol. The van der Waals surface area contributed by atoms with E-state index < -0.39 is 17.7 Å². The highest BCUT2D eigenvalue weighted by Crippen LogP contribution is 2.33. The van der Waals surface area contributed by atoms with Gasteiger partial charge in [-0.25, -0.2) is 9.98 Å². The maximum absolute atomic E-state index is 12.9. The number of halogens is 3. The molecule has 1 fully saturated rings. The lowest BCUT2D eigenvalue weighted by atomic mass is 9.80. The van der Waals surface area contributed by atoms with Crippen molar-refractivity contribution in [2.24, 2.45) is 16.6 Å². The number of carboxylic acid groups (broad SMARTS) is 1. The molecule has 1 unspecified atom stereocenters. The van der Waals surface area contributed by atoms with Crippen LogP contribution in [0.5, 0.6) is 0 Å². The van der Waals surface area contributed by atoms with Crippen molar-refractivity contribution in [3.8, 4) is 0 Å². The number of aliphatic carboxylic acids is 1. The molecular weight excluding hydrogens is 523 g/mol. The fourth-order valence-electron chi connectivity index (χ4n) is 4.72. The van der Waals surface area contributed by atoms with Gasteiger partial charge in [0.1, 0.15) is 0 Å². The van der Waals surface area contributed by atoms with E-state index >= 15 is 0 Å². The molecular formula is C29H36F3N5O3. The van der Waals surface area contributed by atoms with E-state index in [1.54, 1.807) is 37.5 Å². The Morgan fingerprint density at radius 2 is 1.85 bits per heavy atom. The van der Waals surface area contributed by atoms with Crippen molar-refractivity contribution in [1.29, 1.82) is 0 Å². The smallest absolute Gasteiger partial charge is 0.417 e. The summed E-state index contributed by atoms with van der Waals surface area (Å²) in [4.78, 5) is 33.1. The number of allylic oxidation sites excluding steroid dienone is 1. The Kier molecular flexibility index (Phi) is 10.7. The van der Waals surface area contributed by atoms with Gasteiger partial charge < -0.3 is 21.1 Å². The summed E-state index contributed by atoms with van der Waals surface area (Å²) in [6.45, 7) is 2.04. The second kappa shape index (κ2) is 14.0. The zero-order chi connectivity index (χ0) is 29.3. The van der Waals surface area contributed by atoms with Crippen LogP contribution in [0.15, 0.2) is 58.9 Å². The molecule has 1 saturated carbocycles. The molecule has 40 heavy (non-hydrogen) atoms. The predicted octanol–water partition coefficient (Wildman–Crippen LogP) is 6.03. The first-order valence-corrected chi connectivity index (χ1v) is 13.4. The molecule has 1 aliphatic rings. The van der Waals surface area contributed by atoms with Gasteiger partial charge in [0.05, 0.1) is 18.0 Å². The zero-order valence-corrected chi connectivity index (χ0v) is 22.7. The van der Waals surface area contributed by atoms with Crippen LogP contribution in [-0.4, -0.2) is 52.7 Å². The maximum Gasteiger partial charge on any atom is 0.417 e. The number of pyridine rings is 1. The number of carboxylic acids is 1. The first-order valence-electron chi connectivity index (χ1n) is 13.4. The van der Waals surface area contributed by atoms with Gasteiger partial charge >= 0.3 is 12.1 Å². The number of anilines is 1. The number of aromatic nitrogens is 1. The molecule has 1 heterocycles. The van der Waals surface area contributed by atoms with Gasteiger partial charge in [-0.3, -0.25) is 9.59 Å². The van der Waals surface area contributed by atoms with Crippen LogP contribution in [0.3, 0.4) is 0 Å². The minimum Gasteiger partial charge on any atom is -0.481 e. The van der Waals surface area contributed by atoms with Crippen LogP contribution in [0.1, 0.15) is 67.8 Å². The quantitative estimate of drug-likeness (QED) is 0.289. The van der Waals surface area contributed by atoms with E-state index in [1.165, 1.54) is 11.0 Å². The number of benzene rings is 1. The van der Waals surface area contributed by atoms with Crippen LogP contribution >= 0.6 is 0 Å². The van der Waals surface area contributed by atoms with E-state index in [0.717, 1.165) is 55.6 Å². The first kappa shape index (κ1) is 30.6. The summed E-state index contributed by atoms with van der Waals surface area (Å²) in [5.41, 5.74) is 8.19.